The van der Waals surface area contributed by atoms with E-state index in [-0.39, 0.29) is 10.8 Å². The summed E-state index contributed by atoms with van der Waals surface area (Å²) < 4.78 is 28.8. The summed E-state index contributed by atoms with van der Waals surface area (Å²) in [4.78, 5) is 1.09. The van der Waals surface area contributed by atoms with E-state index in [9.17, 15) is 8.42 Å². The lowest BCUT2D eigenvalue weighted by Crippen LogP contribution is -2.08. The van der Waals surface area contributed by atoms with Gasteiger partial charge in [-0.05, 0) is 37.6 Å². The summed E-state index contributed by atoms with van der Waals surface area (Å²) in [6, 6.07) is 16.2. The van der Waals surface area contributed by atoms with Crippen molar-refractivity contribution in [3.8, 4) is 0 Å². The molecule has 0 amide bonds. The fraction of sp³-hybridized carbons (Fsp3) is 0.294. The first kappa shape index (κ1) is 17.9. The normalized spacial score (nSPS) is 20.7. The minimum Gasteiger partial charge on any atom is -0.199 e. The fourth-order valence-corrected chi connectivity index (χ4v) is 6.78. The van der Waals surface area contributed by atoms with Crippen molar-refractivity contribution in [1.82, 2.24) is 0 Å². The number of alkyl halides is 2. The van der Waals surface area contributed by atoms with Crippen molar-refractivity contribution in [1.29, 1.82) is 0 Å². The number of hydrogen-bond donors (Lipinski definition) is 0. The summed E-state index contributed by atoms with van der Waals surface area (Å²) in [7, 11) is -4.54. The summed E-state index contributed by atoms with van der Waals surface area (Å²) in [6.45, 7) is 1.91. The molecule has 0 N–H and O–H groups in total. The zero-order chi connectivity index (χ0) is 17.4. The van der Waals surface area contributed by atoms with E-state index in [4.69, 9.17) is 23.2 Å². The first-order chi connectivity index (χ1) is 11.3. The molecule has 3 nitrogen and oxygen atoms in total. The van der Waals surface area contributed by atoms with Crippen LogP contribution in [-0.2, 0) is 20.7 Å². The molecular formula is C17H17Cl2NO2S2. The van der Waals surface area contributed by atoms with Crippen LogP contribution in [0.4, 0.5) is 0 Å². The van der Waals surface area contributed by atoms with Crippen LogP contribution in [0.25, 0.3) is 0 Å². The maximum atomic E-state index is 12.7. The highest BCUT2D eigenvalue weighted by molar-refractivity contribution is 8.00. The standard InChI is InChI=1S/C17H17Cl2NO2S2/c1-13-7-9-16(10-8-13)24(21,22)20-23(12-14-11-17(14,18)19)15-5-3-2-4-6-15/h2-10,14H,11-12H2,1H3/t14-,23-/m1/s1. The molecule has 0 bridgehead atoms. The van der Waals surface area contributed by atoms with E-state index in [0.717, 1.165) is 10.5 Å². The Labute approximate surface area is 155 Å². The largest absolute Gasteiger partial charge is 0.288 e. The van der Waals surface area contributed by atoms with Gasteiger partial charge in [0.2, 0.25) is 0 Å². The molecule has 1 aliphatic rings. The van der Waals surface area contributed by atoms with Gasteiger partial charge >= 0.3 is 0 Å². The molecule has 1 aliphatic carbocycles. The van der Waals surface area contributed by atoms with Gasteiger partial charge in [-0.1, -0.05) is 46.6 Å². The van der Waals surface area contributed by atoms with Crippen molar-refractivity contribution in [2.45, 2.75) is 27.5 Å². The van der Waals surface area contributed by atoms with Gasteiger partial charge in [-0.25, -0.2) is 0 Å². The quantitative estimate of drug-likeness (QED) is 0.679. The number of aryl methyl sites for hydroxylation is 1. The summed E-state index contributed by atoms with van der Waals surface area (Å²) in [6.07, 6.45) is 0.673. The Morgan fingerprint density at radius 1 is 1.12 bits per heavy atom. The zero-order valence-corrected chi connectivity index (χ0v) is 16.2. The summed E-state index contributed by atoms with van der Waals surface area (Å²) >= 11 is 12.2. The van der Waals surface area contributed by atoms with E-state index in [1.807, 2.05) is 37.3 Å². The van der Waals surface area contributed by atoms with Gasteiger partial charge in [0, 0.05) is 16.6 Å². The van der Waals surface area contributed by atoms with Crippen LogP contribution < -0.4 is 0 Å². The van der Waals surface area contributed by atoms with Crippen LogP contribution in [0.2, 0.25) is 0 Å². The fourth-order valence-electron chi connectivity index (χ4n) is 2.26. The van der Waals surface area contributed by atoms with Crippen LogP contribution in [-0.4, -0.2) is 18.5 Å². The van der Waals surface area contributed by atoms with Crippen LogP contribution >= 0.6 is 23.2 Å². The third kappa shape index (κ3) is 4.20. The van der Waals surface area contributed by atoms with Gasteiger partial charge in [-0.2, -0.15) is 8.42 Å². The van der Waals surface area contributed by atoms with Crippen LogP contribution in [0.1, 0.15) is 12.0 Å². The number of sulfonamides is 1. The average molecular weight is 402 g/mol. The van der Waals surface area contributed by atoms with E-state index >= 15 is 0 Å². The SMILES string of the molecule is Cc1ccc(S(=O)(=O)N=[S@](C[C@H]2CC2(Cl)Cl)c2ccccc2)cc1. The molecule has 2 atom stereocenters. The van der Waals surface area contributed by atoms with Crippen LogP contribution in [0.5, 0.6) is 0 Å². The Bertz CT molecular complexity index is 863. The Kier molecular flexibility index (Phi) is 5.07. The molecule has 1 fully saturated rings. The summed E-state index contributed by atoms with van der Waals surface area (Å²) in [5.74, 6) is 0.614. The molecule has 2 aromatic carbocycles. The molecule has 0 aromatic heterocycles. The number of benzene rings is 2. The Balaban J connectivity index is 1.98. The molecular weight excluding hydrogens is 385 g/mol. The molecule has 2 aromatic rings. The second-order valence-electron chi connectivity index (χ2n) is 5.87. The molecule has 3 rings (SSSR count). The first-order valence-electron chi connectivity index (χ1n) is 7.46. The summed E-state index contributed by atoms with van der Waals surface area (Å²) in [5, 5.41) is 0. The van der Waals surface area contributed by atoms with Gasteiger partial charge in [-0.3, -0.25) is 0 Å². The third-order valence-corrected chi connectivity index (χ3v) is 8.67. The van der Waals surface area contributed by atoms with Crippen molar-refractivity contribution in [3.05, 3.63) is 60.2 Å². The topological polar surface area (TPSA) is 46.5 Å². The molecule has 1 saturated carbocycles. The monoisotopic (exact) mass is 401 g/mol. The van der Waals surface area contributed by atoms with Gasteiger partial charge in [0.25, 0.3) is 10.0 Å². The lowest BCUT2D eigenvalue weighted by molar-refractivity contribution is 0.598. The third-order valence-electron chi connectivity index (χ3n) is 3.84. The molecule has 0 radical (unpaired) electrons. The molecule has 0 unspecified atom stereocenters. The number of nitrogens with zero attached hydrogens (tertiary/aromatic N) is 1. The molecule has 7 heteroatoms. The van der Waals surface area contributed by atoms with Gasteiger partial charge in [-0.15, -0.1) is 27.0 Å². The maximum Gasteiger partial charge on any atom is 0.288 e. The number of rotatable bonds is 5. The van der Waals surface area contributed by atoms with Crippen molar-refractivity contribution in [3.63, 3.8) is 0 Å². The minimum absolute atomic E-state index is 0.0707. The van der Waals surface area contributed by atoms with E-state index in [1.165, 1.54) is 0 Å². The highest BCUT2D eigenvalue weighted by atomic mass is 35.5. The van der Waals surface area contributed by atoms with Gasteiger partial charge < -0.3 is 0 Å². The van der Waals surface area contributed by atoms with Gasteiger partial charge in [0.15, 0.2) is 0 Å². The van der Waals surface area contributed by atoms with Crippen molar-refractivity contribution in [2.24, 2.45) is 9.69 Å². The predicted octanol–water partition coefficient (Wildman–Crippen LogP) is 4.74. The Morgan fingerprint density at radius 3 is 2.25 bits per heavy atom. The van der Waals surface area contributed by atoms with Crippen molar-refractivity contribution in [2.75, 3.05) is 5.75 Å². The maximum absolute atomic E-state index is 12.7. The Hall–Kier alpha value is -0.880. The molecule has 0 aliphatic heterocycles. The van der Waals surface area contributed by atoms with Crippen LogP contribution in [0.15, 0.2) is 68.2 Å². The zero-order valence-electron chi connectivity index (χ0n) is 13.0. The summed E-state index contributed by atoms with van der Waals surface area (Å²) in [5.41, 5.74) is 1.00. The highest BCUT2D eigenvalue weighted by Crippen LogP contribution is 2.53. The Morgan fingerprint density at radius 2 is 1.71 bits per heavy atom. The van der Waals surface area contributed by atoms with Gasteiger partial charge in [0.05, 0.1) is 4.90 Å². The van der Waals surface area contributed by atoms with E-state index in [2.05, 4.69) is 3.77 Å². The lowest BCUT2D eigenvalue weighted by Gasteiger charge is -2.09. The lowest BCUT2D eigenvalue weighted by atomic mass is 10.2. The van der Waals surface area contributed by atoms with Crippen LogP contribution in [0.3, 0.4) is 0 Å². The molecule has 24 heavy (non-hydrogen) atoms. The van der Waals surface area contributed by atoms with Crippen LogP contribution in [0, 0.1) is 12.8 Å². The molecule has 0 heterocycles. The second-order valence-corrected chi connectivity index (χ2v) is 11.0. The second kappa shape index (κ2) is 6.79. The van der Waals surface area contributed by atoms with Gasteiger partial charge in [0.1, 0.15) is 4.33 Å². The highest BCUT2D eigenvalue weighted by Gasteiger charge is 2.51. The molecule has 128 valence electrons. The average Bonchev–Trinajstić information content (AvgIpc) is 3.14. The minimum atomic E-state index is -3.73. The van der Waals surface area contributed by atoms with Crippen molar-refractivity contribution < 1.29 is 8.42 Å². The molecule has 0 saturated heterocycles. The number of halogens is 2. The van der Waals surface area contributed by atoms with E-state index in [0.29, 0.717) is 12.2 Å². The number of hydrogen-bond acceptors (Lipinski definition) is 2. The molecule has 0 spiro atoms. The smallest absolute Gasteiger partial charge is 0.199 e. The van der Waals surface area contributed by atoms with Crippen molar-refractivity contribution >= 4 is 43.9 Å². The van der Waals surface area contributed by atoms with E-state index in [1.54, 1.807) is 24.3 Å². The van der Waals surface area contributed by atoms with E-state index < -0.39 is 25.0 Å². The predicted molar refractivity (Wildman–Crippen MR) is 100 cm³/mol. The first-order valence-corrected chi connectivity index (χ1v) is 11.0.